The maximum atomic E-state index is 6.05. The van der Waals surface area contributed by atoms with Crippen LogP contribution in [0.4, 0.5) is 0 Å². The van der Waals surface area contributed by atoms with E-state index in [1.165, 1.54) is 11.5 Å². The summed E-state index contributed by atoms with van der Waals surface area (Å²) in [6, 6.07) is 0. The van der Waals surface area contributed by atoms with Gasteiger partial charge in [-0.3, -0.25) is 0 Å². The van der Waals surface area contributed by atoms with Gasteiger partial charge < -0.3 is 0 Å². The highest BCUT2D eigenvalue weighted by Gasteiger charge is 2.11. The summed E-state index contributed by atoms with van der Waals surface area (Å²) in [7, 11) is 0. The van der Waals surface area contributed by atoms with Gasteiger partial charge in [-0.1, -0.05) is 13.8 Å². The predicted octanol–water partition coefficient (Wildman–Crippen LogP) is 2.34. The topological polar surface area (TPSA) is 25.8 Å². The van der Waals surface area contributed by atoms with Crippen molar-refractivity contribution in [1.29, 1.82) is 0 Å². The van der Waals surface area contributed by atoms with E-state index in [0.717, 1.165) is 11.4 Å². The Morgan fingerprint density at radius 1 is 1.64 bits per heavy atom. The Hall–Kier alpha value is -0.150. The number of alkyl halides is 1. The van der Waals surface area contributed by atoms with E-state index in [1.54, 1.807) is 6.33 Å². The number of aromatic nitrogens is 2. The molecule has 0 N–H and O–H groups in total. The fourth-order valence-electron chi connectivity index (χ4n) is 0.688. The molecular formula is C7H11ClN2S. The van der Waals surface area contributed by atoms with Gasteiger partial charge >= 0.3 is 0 Å². The fourth-order valence-corrected chi connectivity index (χ4v) is 1.49. The molecule has 0 aromatic carbocycles. The van der Waals surface area contributed by atoms with Crippen LogP contribution in [0.3, 0.4) is 0 Å². The molecule has 0 aliphatic heterocycles. The van der Waals surface area contributed by atoms with E-state index in [4.69, 9.17) is 11.6 Å². The fraction of sp³-hybridized carbons (Fsp3) is 0.714. The molecule has 0 amide bonds. The first kappa shape index (κ1) is 8.94. The lowest BCUT2D eigenvalue weighted by atomic mass is 10.1. The van der Waals surface area contributed by atoms with Crippen LogP contribution in [-0.4, -0.2) is 14.7 Å². The number of halogens is 1. The molecule has 0 bridgehead atoms. The largest absolute Gasteiger partial charge is 0.228 e. The molecule has 0 radical (unpaired) electrons. The lowest BCUT2D eigenvalue weighted by Gasteiger charge is -2.09. The molecule has 0 aliphatic rings. The summed E-state index contributed by atoms with van der Waals surface area (Å²) in [5, 5.41) is 1.21. The molecule has 0 aliphatic carbocycles. The maximum Gasteiger partial charge on any atom is 0.129 e. The monoisotopic (exact) mass is 190 g/mol. The molecule has 11 heavy (non-hydrogen) atoms. The number of hydrogen-bond acceptors (Lipinski definition) is 3. The minimum absolute atomic E-state index is 0.183. The zero-order valence-corrected chi connectivity index (χ0v) is 8.19. The van der Waals surface area contributed by atoms with E-state index in [2.05, 4.69) is 23.2 Å². The summed E-state index contributed by atoms with van der Waals surface area (Å²) < 4.78 is 3.91. The first-order valence-electron chi connectivity index (χ1n) is 3.59. The van der Waals surface area contributed by atoms with E-state index in [1.807, 2.05) is 0 Å². The molecule has 0 saturated carbocycles. The standard InChI is InChI=1S/C7H11ClN2S/c1-5(2)6(8)3-7-9-4-10-11-7/h4-6H,3H2,1-2H3. The highest BCUT2D eigenvalue weighted by Crippen LogP contribution is 2.15. The van der Waals surface area contributed by atoms with Gasteiger partial charge in [0, 0.05) is 11.8 Å². The quantitative estimate of drug-likeness (QED) is 0.684. The summed E-state index contributed by atoms with van der Waals surface area (Å²) >= 11 is 7.47. The van der Waals surface area contributed by atoms with E-state index < -0.39 is 0 Å². The zero-order valence-electron chi connectivity index (χ0n) is 6.62. The number of rotatable bonds is 3. The Bertz CT molecular complexity index is 198. The SMILES string of the molecule is CC(C)C(Cl)Cc1ncns1. The van der Waals surface area contributed by atoms with Crippen molar-refractivity contribution in [3.05, 3.63) is 11.3 Å². The molecule has 1 unspecified atom stereocenters. The molecule has 1 aromatic rings. The van der Waals surface area contributed by atoms with Crippen molar-refractivity contribution in [3.63, 3.8) is 0 Å². The third-order valence-electron chi connectivity index (χ3n) is 1.50. The zero-order chi connectivity index (χ0) is 8.27. The van der Waals surface area contributed by atoms with Gasteiger partial charge in [0.05, 0.1) is 0 Å². The molecule has 0 fully saturated rings. The van der Waals surface area contributed by atoms with Crippen molar-refractivity contribution in [1.82, 2.24) is 9.36 Å². The molecule has 0 spiro atoms. The van der Waals surface area contributed by atoms with Gasteiger partial charge in [-0.15, -0.1) is 11.6 Å². The van der Waals surface area contributed by atoms with Crippen LogP contribution in [0.1, 0.15) is 18.9 Å². The average molecular weight is 191 g/mol. The summed E-state index contributed by atoms with van der Waals surface area (Å²) in [5.41, 5.74) is 0. The Kier molecular flexibility index (Phi) is 3.27. The molecule has 1 rings (SSSR count). The highest BCUT2D eigenvalue weighted by molar-refractivity contribution is 7.05. The van der Waals surface area contributed by atoms with Crippen LogP contribution in [0.2, 0.25) is 0 Å². The Balaban J connectivity index is 2.43. The molecule has 4 heteroatoms. The van der Waals surface area contributed by atoms with E-state index in [0.29, 0.717) is 5.92 Å². The summed E-state index contributed by atoms with van der Waals surface area (Å²) in [5.74, 6) is 0.501. The number of nitrogens with zero attached hydrogens (tertiary/aromatic N) is 2. The van der Waals surface area contributed by atoms with Gasteiger partial charge in [0.2, 0.25) is 0 Å². The van der Waals surface area contributed by atoms with Gasteiger partial charge in [-0.05, 0) is 17.5 Å². The molecule has 1 atom stereocenters. The first-order chi connectivity index (χ1) is 5.20. The molecule has 1 heterocycles. The molecule has 2 nitrogen and oxygen atoms in total. The van der Waals surface area contributed by atoms with E-state index in [-0.39, 0.29) is 5.38 Å². The lowest BCUT2D eigenvalue weighted by molar-refractivity contribution is 0.595. The van der Waals surface area contributed by atoms with Crippen LogP contribution in [0.25, 0.3) is 0 Å². The van der Waals surface area contributed by atoms with Gasteiger partial charge in [-0.2, -0.15) is 4.37 Å². The predicted molar refractivity (Wildman–Crippen MR) is 48.1 cm³/mol. The van der Waals surface area contributed by atoms with Crippen molar-refractivity contribution in [2.45, 2.75) is 25.6 Å². The Morgan fingerprint density at radius 2 is 2.36 bits per heavy atom. The maximum absolute atomic E-state index is 6.05. The number of hydrogen-bond donors (Lipinski definition) is 0. The van der Waals surface area contributed by atoms with Crippen molar-refractivity contribution in [3.8, 4) is 0 Å². The lowest BCUT2D eigenvalue weighted by Crippen LogP contribution is -2.10. The summed E-state index contributed by atoms with van der Waals surface area (Å²) in [6.07, 6.45) is 2.41. The minimum Gasteiger partial charge on any atom is -0.228 e. The van der Waals surface area contributed by atoms with Crippen LogP contribution in [-0.2, 0) is 6.42 Å². The second-order valence-electron chi connectivity index (χ2n) is 2.80. The average Bonchev–Trinajstić information content (AvgIpc) is 2.39. The first-order valence-corrected chi connectivity index (χ1v) is 4.80. The van der Waals surface area contributed by atoms with Crippen LogP contribution in [0, 0.1) is 5.92 Å². The van der Waals surface area contributed by atoms with Crippen molar-refractivity contribution >= 4 is 23.1 Å². The van der Waals surface area contributed by atoms with Crippen LogP contribution >= 0.6 is 23.1 Å². The van der Waals surface area contributed by atoms with Gasteiger partial charge in [0.25, 0.3) is 0 Å². The molecule has 1 aromatic heterocycles. The summed E-state index contributed by atoms with van der Waals surface area (Å²) in [4.78, 5) is 4.06. The summed E-state index contributed by atoms with van der Waals surface area (Å²) in [6.45, 7) is 4.22. The van der Waals surface area contributed by atoms with Crippen molar-refractivity contribution in [2.24, 2.45) is 5.92 Å². The highest BCUT2D eigenvalue weighted by atomic mass is 35.5. The molecule has 62 valence electrons. The minimum atomic E-state index is 0.183. The normalized spacial score (nSPS) is 13.8. The molecule has 0 saturated heterocycles. The third-order valence-corrected chi connectivity index (χ3v) is 2.84. The van der Waals surface area contributed by atoms with Gasteiger partial charge in [-0.25, -0.2) is 4.98 Å². The van der Waals surface area contributed by atoms with Crippen molar-refractivity contribution in [2.75, 3.05) is 0 Å². The molecular weight excluding hydrogens is 180 g/mol. The van der Waals surface area contributed by atoms with E-state index >= 15 is 0 Å². The second-order valence-corrected chi connectivity index (χ2v) is 4.22. The van der Waals surface area contributed by atoms with Gasteiger partial charge in [0.15, 0.2) is 0 Å². The van der Waals surface area contributed by atoms with Crippen molar-refractivity contribution < 1.29 is 0 Å². The Morgan fingerprint density at radius 3 is 2.82 bits per heavy atom. The van der Waals surface area contributed by atoms with Crippen LogP contribution in [0.15, 0.2) is 6.33 Å². The van der Waals surface area contributed by atoms with E-state index in [9.17, 15) is 0 Å². The van der Waals surface area contributed by atoms with Crippen LogP contribution < -0.4 is 0 Å². The second kappa shape index (κ2) is 4.02. The Labute approximate surface area is 75.8 Å². The van der Waals surface area contributed by atoms with Gasteiger partial charge in [0.1, 0.15) is 11.3 Å². The van der Waals surface area contributed by atoms with Crippen LogP contribution in [0.5, 0.6) is 0 Å². The smallest absolute Gasteiger partial charge is 0.129 e. The third kappa shape index (κ3) is 2.75.